The Balaban J connectivity index is 2.52. The third-order valence-corrected chi connectivity index (χ3v) is 3.95. The highest BCUT2D eigenvalue weighted by Crippen LogP contribution is 2.28. The lowest BCUT2D eigenvalue weighted by molar-refractivity contribution is 0.415. The second-order valence-electron chi connectivity index (χ2n) is 3.81. The van der Waals surface area contributed by atoms with Crippen LogP contribution in [0.5, 0.6) is 5.75 Å². The molecule has 0 saturated heterocycles. The van der Waals surface area contributed by atoms with Crippen molar-refractivity contribution >= 4 is 19.7 Å². The Labute approximate surface area is 115 Å². The number of methoxy groups -OCH3 is 1. The number of halogens is 2. The lowest BCUT2D eigenvalue weighted by atomic mass is 10.1. The molecule has 2 aromatic carbocycles. The van der Waals surface area contributed by atoms with Gasteiger partial charge in [0.15, 0.2) is 0 Å². The maximum absolute atomic E-state index is 13.9. The van der Waals surface area contributed by atoms with Gasteiger partial charge in [0, 0.05) is 16.2 Å². The average molecular weight is 301 g/mol. The fourth-order valence-corrected chi connectivity index (χ4v) is 2.43. The minimum atomic E-state index is -3.93. The molecule has 6 heteroatoms. The van der Waals surface area contributed by atoms with E-state index < -0.39 is 14.9 Å². The third-order valence-electron chi connectivity index (χ3n) is 2.60. The molecule has 3 nitrogen and oxygen atoms in total. The Kier molecular flexibility index (Phi) is 3.78. The molecular formula is C13H10ClFO3S. The van der Waals surface area contributed by atoms with Crippen LogP contribution in [-0.4, -0.2) is 15.5 Å². The summed E-state index contributed by atoms with van der Waals surface area (Å²) in [6.45, 7) is 0. The maximum atomic E-state index is 13.9. The highest BCUT2D eigenvalue weighted by molar-refractivity contribution is 8.13. The molecule has 0 atom stereocenters. The Morgan fingerprint density at radius 3 is 2.47 bits per heavy atom. The van der Waals surface area contributed by atoms with Gasteiger partial charge < -0.3 is 4.74 Å². The Hall–Kier alpha value is -1.59. The van der Waals surface area contributed by atoms with E-state index in [1.165, 1.54) is 19.2 Å². The third kappa shape index (κ3) is 3.05. The first-order chi connectivity index (χ1) is 8.91. The SMILES string of the molecule is COc1cccc(-c2ccc(S(=O)(=O)Cl)cc2F)c1. The summed E-state index contributed by atoms with van der Waals surface area (Å²) in [5, 5.41) is 0. The van der Waals surface area contributed by atoms with Crippen molar-refractivity contribution in [1.29, 1.82) is 0 Å². The zero-order chi connectivity index (χ0) is 14.0. The minimum absolute atomic E-state index is 0.265. The van der Waals surface area contributed by atoms with Crippen molar-refractivity contribution in [2.75, 3.05) is 7.11 Å². The van der Waals surface area contributed by atoms with Crippen molar-refractivity contribution in [2.24, 2.45) is 0 Å². The zero-order valence-electron chi connectivity index (χ0n) is 9.93. The normalized spacial score (nSPS) is 11.3. The van der Waals surface area contributed by atoms with Gasteiger partial charge in [-0.15, -0.1) is 0 Å². The molecule has 0 heterocycles. The molecule has 0 bridgehead atoms. The predicted octanol–water partition coefficient (Wildman–Crippen LogP) is 3.43. The second-order valence-corrected chi connectivity index (χ2v) is 6.38. The van der Waals surface area contributed by atoms with Gasteiger partial charge in [0.2, 0.25) is 0 Å². The molecule has 0 radical (unpaired) electrons. The van der Waals surface area contributed by atoms with E-state index in [9.17, 15) is 12.8 Å². The summed E-state index contributed by atoms with van der Waals surface area (Å²) in [6, 6.07) is 10.4. The van der Waals surface area contributed by atoms with Crippen molar-refractivity contribution in [3.8, 4) is 16.9 Å². The number of hydrogen-bond acceptors (Lipinski definition) is 3. The fourth-order valence-electron chi connectivity index (χ4n) is 1.67. The molecule has 0 aliphatic heterocycles. The van der Waals surface area contributed by atoms with Gasteiger partial charge in [-0.2, -0.15) is 0 Å². The first-order valence-corrected chi connectivity index (χ1v) is 7.61. The van der Waals surface area contributed by atoms with Crippen molar-refractivity contribution in [1.82, 2.24) is 0 Å². The molecule has 0 fully saturated rings. The predicted molar refractivity (Wildman–Crippen MR) is 71.4 cm³/mol. The molecule has 0 aliphatic rings. The van der Waals surface area contributed by atoms with E-state index >= 15 is 0 Å². The summed E-state index contributed by atoms with van der Waals surface area (Å²) < 4.78 is 41.2. The summed E-state index contributed by atoms with van der Waals surface area (Å²) in [6.07, 6.45) is 0. The van der Waals surface area contributed by atoms with Gasteiger partial charge in [0.05, 0.1) is 12.0 Å². The van der Waals surface area contributed by atoms with Crippen LogP contribution in [0.2, 0.25) is 0 Å². The summed E-state index contributed by atoms with van der Waals surface area (Å²) in [5.74, 6) is -0.0686. The number of rotatable bonds is 3. The van der Waals surface area contributed by atoms with E-state index in [4.69, 9.17) is 15.4 Å². The van der Waals surface area contributed by atoms with Gasteiger partial charge >= 0.3 is 0 Å². The molecule has 2 rings (SSSR count). The van der Waals surface area contributed by atoms with Crippen molar-refractivity contribution < 1.29 is 17.5 Å². The molecule has 100 valence electrons. The van der Waals surface area contributed by atoms with Crippen LogP contribution in [0.15, 0.2) is 47.4 Å². The lowest BCUT2D eigenvalue weighted by Gasteiger charge is -2.07. The van der Waals surface area contributed by atoms with Gasteiger partial charge in [-0.05, 0) is 29.8 Å². The standard InChI is InChI=1S/C13H10ClFO3S/c1-18-10-4-2-3-9(7-10)12-6-5-11(8-13(12)15)19(14,16)17/h2-8H,1H3. The summed E-state index contributed by atoms with van der Waals surface area (Å²) in [7, 11) is 2.75. The Bertz CT molecular complexity index is 714. The van der Waals surface area contributed by atoms with Crippen LogP contribution in [0.4, 0.5) is 4.39 Å². The van der Waals surface area contributed by atoms with E-state index in [0.717, 1.165) is 6.07 Å². The first-order valence-electron chi connectivity index (χ1n) is 5.30. The van der Waals surface area contributed by atoms with E-state index in [2.05, 4.69) is 0 Å². The second kappa shape index (κ2) is 5.19. The molecule has 19 heavy (non-hydrogen) atoms. The molecule has 0 saturated carbocycles. The first kappa shape index (κ1) is 13.8. The van der Waals surface area contributed by atoms with Crippen molar-refractivity contribution in [2.45, 2.75) is 4.90 Å². The summed E-state index contributed by atoms with van der Waals surface area (Å²) in [5.41, 5.74) is 0.873. The van der Waals surface area contributed by atoms with Crippen LogP contribution < -0.4 is 4.74 Å². The van der Waals surface area contributed by atoms with Crippen molar-refractivity contribution in [3.63, 3.8) is 0 Å². The van der Waals surface area contributed by atoms with Gasteiger partial charge in [-0.25, -0.2) is 12.8 Å². The molecule has 0 N–H and O–H groups in total. The average Bonchev–Trinajstić information content (AvgIpc) is 2.37. The highest BCUT2D eigenvalue weighted by Gasteiger charge is 2.14. The Morgan fingerprint density at radius 2 is 1.89 bits per heavy atom. The largest absolute Gasteiger partial charge is 0.497 e. The van der Waals surface area contributed by atoms with Crippen LogP contribution in [0.25, 0.3) is 11.1 Å². The van der Waals surface area contributed by atoms with E-state index in [0.29, 0.717) is 11.3 Å². The summed E-state index contributed by atoms with van der Waals surface area (Å²) in [4.78, 5) is -0.265. The molecule has 0 unspecified atom stereocenters. The van der Waals surface area contributed by atoms with Crippen molar-refractivity contribution in [3.05, 3.63) is 48.3 Å². The summed E-state index contributed by atoms with van der Waals surface area (Å²) >= 11 is 0. The van der Waals surface area contributed by atoms with Gasteiger partial charge in [-0.1, -0.05) is 18.2 Å². The van der Waals surface area contributed by atoms with Crippen LogP contribution in [0.1, 0.15) is 0 Å². The number of hydrogen-bond donors (Lipinski definition) is 0. The van der Waals surface area contributed by atoms with Crippen LogP contribution in [-0.2, 0) is 9.05 Å². The van der Waals surface area contributed by atoms with Gasteiger partial charge in [0.25, 0.3) is 9.05 Å². The van der Waals surface area contributed by atoms with Crippen LogP contribution >= 0.6 is 10.7 Å². The zero-order valence-corrected chi connectivity index (χ0v) is 11.5. The minimum Gasteiger partial charge on any atom is -0.497 e. The topological polar surface area (TPSA) is 43.4 Å². The van der Waals surface area contributed by atoms with E-state index in [1.54, 1.807) is 24.3 Å². The molecule has 0 aromatic heterocycles. The molecule has 0 amide bonds. The fraction of sp³-hybridized carbons (Fsp3) is 0.0769. The monoisotopic (exact) mass is 300 g/mol. The van der Waals surface area contributed by atoms with Gasteiger partial charge in [0.1, 0.15) is 11.6 Å². The van der Waals surface area contributed by atoms with Gasteiger partial charge in [-0.3, -0.25) is 0 Å². The van der Waals surface area contributed by atoms with E-state index in [1.807, 2.05) is 0 Å². The van der Waals surface area contributed by atoms with Crippen LogP contribution in [0.3, 0.4) is 0 Å². The molecular weight excluding hydrogens is 291 g/mol. The van der Waals surface area contributed by atoms with Crippen LogP contribution in [0, 0.1) is 5.82 Å². The smallest absolute Gasteiger partial charge is 0.261 e. The molecule has 2 aromatic rings. The van der Waals surface area contributed by atoms with E-state index in [-0.39, 0.29) is 10.5 Å². The quantitative estimate of drug-likeness (QED) is 0.816. The molecule has 0 spiro atoms. The maximum Gasteiger partial charge on any atom is 0.261 e. The number of ether oxygens (including phenoxy) is 1. The number of benzene rings is 2. The Morgan fingerprint density at radius 1 is 1.16 bits per heavy atom. The lowest BCUT2D eigenvalue weighted by Crippen LogP contribution is -1.93. The molecule has 0 aliphatic carbocycles. The highest BCUT2D eigenvalue weighted by atomic mass is 35.7.